The molecule has 0 aromatic heterocycles. The second kappa shape index (κ2) is 4.10. The molecule has 2 aliphatic rings. The minimum Gasteiger partial charge on any atom is -0.396 e. The molecule has 15 heavy (non-hydrogen) atoms. The van der Waals surface area contributed by atoms with Crippen LogP contribution < -0.4 is 5.73 Å². The van der Waals surface area contributed by atoms with Crippen LogP contribution >= 0.6 is 0 Å². The van der Waals surface area contributed by atoms with Crippen LogP contribution in [0.25, 0.3) is 0 Å². The summed E-state index contributed by atoms with van der Waals surface area (Å²) < 4.78 is 0. The number of carbonyl (C=O) groups excluding carboxylic acids is 1. The molecule has 1 saturated carbocycles. The van der Waals surface area contributed by atoms with Gasteiger partial charge in [0.25, 0.3) is 0 Å². The van der Waals surface area contributed by atoms with Gasteiger partial charge in [-0.05, 0) is 18.8 Å². The lowest BCUT2D eigenvalue weighted by atomic mass is 9.69. The number of nitrogens with zero attached hydrogens (tertiary/aromatic N) is 1. The van der Waals surface area contributed by atoms with Gasteiger partial charge in [0, 0.05) is 18.5 Å². The first-order chi connectivity index (χ1) is 7.22. The fourth-order valence-electron chi connectivity index (χ4n) is 3.16. The number of aliphatic hydroxyl groups excluding tert-OH is 1. The SMILES string of the molecule is NCC(=O)N1CC2CCCCC2(CO)C1. The summed E-state index contributed by atoms with van der Waals surface area (Å²) in [6.45, 7) is 1.82. The number of fused-ring (bicyclic) bond motifs is 1. The summed E-state index contributed by atoms with van der Waals surface area (Å²) in [5.41, 5.74) is 5.36. The highest BCUT2D eigenvalue weighted by Crippen LogP contribution is 2.46. The Morgan fingerprint density at radius 2 is 2.33 bits per heavy atom. The number of aliphatic hydroxyl groups is 1. The Hall–Kier alpha value is -0.610. The van der Waals surface area contributed by atoms with Gasteiger partial charge >= 0.3 is 0 Å². The van der Waals surface area contributed by atoms with Crippen LogP contribution in [-0.2, 0) is 4.79 Å². The normalized spacial score (nSPS) is 35.3. The molecule has 1 heterocycles. The third kappa shape index (κ3) is 1.76. The van der Waals surface area contributed by atoms with Crippen LogP contribution in [0.15, 0.2) is 0 Å². The first kappa shape index (κ1) is 10.9. The van der Waals surface area contributed by atoms with E-state index in [9.17, 15) is 9.90 Å². The van der Waals surface area contributed by atoms with Crippen molar-refractivity contribution in [2.24, 2.45) is 17.1 Å². The summed E-state index contributed by atoms with van der Waals surface area (Å²) in [6, 6.07) is 0. The van der Waals surface area contributed by atoms with Gasteiger partial charge in [-0.25, -0.2) is 0 Å². The number of hydrogen-bond donors (Lipinski definition) is 2. The van der Waals surface area contributed by atoms with Gasteiger partial charge in [0.05, 0.1) is 13.2 Å². The zero-order chi connectivity index (χ0) is 10.9. The van der Waals surface area contributed by atoms with Crippen molar-refractivity contribution in [2.45, 2.75) is 25.7 Å². The van der Waals surface area contributed by atoms with Gasteiger partial charge in [0.2, 0.25) is 5.91 Å². The number of amides is 1. The fourth-order valence-corrected chi connectivity index (χ4v) is 3.16. The quantitative estimate of drug-likeness (QED) is 0.675. The summed E-state index contributed by atoms with van der Waals surface area (Å²) in [4.78, 5) is 13.4. The Balaban J connectivity index is 2.10. The Bertz CT molecular complexity index is 257. The Morgan fingerprint density at radius 3 is 2.93 bits per heavy atom. The Morgan fingerprint density at radius 1 is 1.53 bits per heavy atom. The molecule has 0 aromatic rings. The average molecular weight is 212 g/mol. The van der Waals surface area contributed by atoms with E-state index in [2.05, 4.69) is 0 Å². The van der Waals surface area contributed by atoms with Gasteiger partial charge in [0.1, 0.15) is 0 Å². The largest absolute Gasteiger partial charge is 0.396 e. The summed E-state index contributed by atoms with van der Waals surface area (Å²) >= 11 is 0. The highest BCUT2D eigenvalue weighted by Gasteiger charge is 2.48. The molecule has 3 N–H and O–H groups in total. The summed E-state index contributed by atoms with van der Waals surface area (Å²) in [7, 11) is 0. The lowest BCUT2D eigenvalue weighted by Gasteiger charge is -2.36. The zero-order valence-corrected chi connectivity index (χ0v) is 9.11. The molecular formula is C11H20N2O2. The maximum Gasteiger partial charge on any atom is 0.236 e. The zero-order valence-electron chi connectivity index (χ0n) is 9.11. The molecule has 1 aliphatic carbocycles. The standard InChI is InChI=1S/C11H20N2O2/c12-5-10(15)13-6-9-3-1-2-4-11(9,7-13)8-14/h9,14H,1-8,12H2. The molecule has 4 heteroatoms. The summed E-state index contributed by atoms with van der Waals surface area (Å²) in [5, 5.41) is 9.55. The molecular weight excluding hydrogens is 192 g/mol. The van der Waals surface area contributed by atoms with E-state index < -0.39 is 0 Å². The molecule has 2 rings (SSSR count). The van der Waals surface area contributed by atoms with Crippen molar-refractivity contribution in [1.82, 2.24) is 4.90 Å². The van der Waals surface area contributed by atoms with E-state index in [1.54, 1.807) is 0 Å². The van der Waals surface area contributed by atoms with E-state index in [-0.39, 0.29) is 24.5 Å². The Kier molecular flexibility index (Phi) is 2.98. The molecule has 4 nitrogen and oxygen atoms in total. The number of rotatable bonds is 2. The predicted octanol–water partition coefficient (Wildman–Crippen LogP) is -0.0438. The Labute approximate surface area is 90.4 Å². The third-order valence-corrected chi connectivity index (χ3v) is 4.13. The van der Waals surface area contributed by atoms with E-state index in [0.29, 0.717) is 12.5 Å². The van der Waals surface area contributed by atoms with Crippen molar-refractivity contribution in [1.29, 1.82) is 0 Å². The second-order valence-corrected chi connectivity index (χ2v) is 4.94. The minimum absolute atomic E-state index is 0.0108. The van der Waals surface area contributed by atoms with Crippen LogP contribution in [0.4, 0.5) is 0 Å². The minimum atomic E-state index is -0.0108. The molecule has 2 unspecified atom stereocenters. The van der Waals surface area contributed by atoms with Gasteiger partial charge in [-0.15, -0.1) is 0 Å². The first-order valence-corrected chi connectivity index (χ1v) is 5.80. The van der Waals surface area contributed by atoms with Gasteiger partial charge < -0.3 is 15.7 Å². The van der Waals surface area contributed by atoms with E-state index in [4.69, 9.17) is 5.73 Å². The van der Waals surface area contributed by atoms with Gasteiger partial charge in [-0.2, -0.15) is 0 Å². The highest BCUT2D eigenvalue weighted by atomic mass is 16.3. The van der Waals surface area contributed by atoms with E-state index >= 15 is 0 Å². The average Bonchev–Trinajstić information content (AvgIpc) is 2.67. The molecule has 1 aliphatic heterocycles. The smallest absolute Gasteiger partial charge is 0.236 e. The number of likely N-dealkylation sites (tertiary alicyclic amines) is 1. The monoisotopic (exact) mass is 212 g/mol. The number of nitrogens with two attached hydrogens (primary N) is 1. The van der Waals surface area contributed by atoms with E-state index in [1.165, 1.54) is 12.8 Å². The summed E-state index contributed by atoms with van der Waals surface area (Å²) in [5.74, 6) is 0.518. The van der Waals surface area contributed by atoms with Crippen molar-refractivity contribution in [3.05, 3.63) is 0 Å². The predicted molar refractivity (Wildman–Crippen MR) is 57.1 cm³/mol. The molecule has 2 fully saturated rings. The summed E-state index contributed by atoms with van der Waals surface area (Å²) in [6.07, 6.45) is 4.62. The number of hydrogen-bond acceptors (Lipinski definition) is 3. The van der Waals surface area contributed by atoms with Crippen LogP contribution in [0.3, 0.4) is 0 Å². The fraction of sp³-hybridized carbons (Fsp3) is 0.909. The van der Waals surface area contributed by atoms with E-state index in [1.807, 2.05) is 4.90 Å². The lowest BCUT2D eigenvalue weighted by Crippen LogP contribution is -2.38. The highest BCUT2D eigenvalue weighted by molar-refractivity contribution is 5.78. The molecule has 86 valence electrons. The molecule has 0 spiro atoms. The second-order valence-electron chi connectivity index (χ2n) is 4.94. The third-order valence-electron chi connectivity index (χ3n) is 4.13. The lowest BCUT2D eigenvalue weighted by molar-refractivity contribution is -0.129. The molecule has 0 aromatic carbocycles. The number of carbonyl (C=O) groups is 1. The van der Waals surface area contributed by atoms with Crippen molar-refractivity contribution in [3.63, 3.8) is 0 Å². The maximum atomic E-state index is 11.5. The molecule has 1 saturated heterocycles. The maximum absolute atomic E-state index is 11.5. The van der Waals surface area contributed by atoms with Crippen LogP contribution in [0.1, 0.15) is 25.7 Å². The van der Waals surface area contributed by atoms with Gasteiger partial charge in [-0.1, -0.05) is 12.8 Å². The molecule has 0 bridgehead atoms. The van der Waals surface area contributed by atoms with Crippen LogP contribution in [-0.4, -0.2) is 42.2 Å². The van der Waals surface area contributed by atoms with Crippen LogP contribution in [0.2, 0.25) is 0 Å². The van der Waals surface area contributed by atoms with Gasteiger partial charge in [0.15, 0.2) is 0 Å². The van der Waals surface area contributed by atoms with Crippen molar-refractivity contribution in [3.8, 4) is 0 Å². The topological polar surface area (TPSA) is 66.6 Å². The molecule has 0 radical (unpaired) electrons. The van der Waals surface area contributed by atoms with Crippen molar-refractivity contribution in [2.75, 3.05) is 26.2 Å². The van der Waals surface area contributed by atoms with E-state index in [0.717, 1.165) is 19.4 Å². The first-order valence-electron chi connectivity index (χ1n) is 5.80. The molecule has 2 atom stereocenters. The van der Waals surface area contributed by atoms with Crippen LogP contribution in [0, 0.1) is 11.3 Å². The van der Waals surface area contributed by atoms with Gasteiger partial charge in [-0.3, -0.25) is 4.79 Å². The van der Waals surface area contributed by atoms with Crippen molar-refractivity contribution < 1.29 is 9.90 Å². The molecule has 1 amide bonds. The van der Waals surface area contributed by atoms with Crippen LogP contribution in [0.5, 0.6) is 0 Å². The van der Waals surface area contributed by atoms with Crippen molar-refractivity contribution >= 4 is 5.91 Å².